The van der Waals surface area contributed by atoms with E-state index in [2.05, 4.69) is 51.2 Å². The fourth-order valence-electron chi connectivity index (χ4n) is 4.46. The van der Waals surface area contributed by atoms with Crippen LogP contribution in [-0.4, -0.2) is 22.2 Å². The average molecular weight is 427 g/mol. The largest absolute Gasteiger partial charge is 0.489 e. The number of hydrogen-bond acceptors (Lipinski definition) is 4. The Hall–Kier alpha value is -2.30. The topological polar surface area (TPSA) is 43.4 Å². The second kappa shape index (κ2) is 8.83. The van der Waals surface area contributed by atoms with Crippen LogP contribution in [-0.2, 0) is 6.61 Å². The first-order chi connectivity index (χ1) is 13.8. The summed E-state index contributed by atoms with van der Waals surface area (Å²) in [7, 11) is 0. The maximum absolute atomic E-state index is 6.29. The Morgan fingerprint density at radius 1 is 0.933 bits per heavy atom. The lowest BCUT2D eigenvalue weighted by Crippen LogP contribution is -2.60. The molecule has 3 aromatic rings. The Morgan fingerprint density at radius 3 is 2.33 bits per heavy atom. The monoisotopic (exact) mass is 426 g/mol. The van der Waals surface area contributed by atoms with Crippen LogP contribution in [0.3, 0.4) is 0 Å². The van der Waals surface area contributed by atoms with Gasteiger partial charge in [-0.15, -0.1) is 12.4 Å². The molecule has 1 saturated heterocycles. The van der Waals surface area contributed by atoms with E-state index in [4.69, 9.17) is 14.5 Å². The molecule has 1 aliphatic rings. The summed E-state index contributed by atoms with van der Waals surface area (Å²) in [6, 6.07) is 20.2. The number of benzene rings is 2. The minimum atomic E-state index is 0. The normalized spacial score (nSPS) is 17.9. The highest BCUT2D eigenvalue weighted by molar-refractivity contribution is 5.85. The minimum absolute atomic E-state index is 0. The number of hydrogen-bond donors (Lipinski definition) is 1. The van der Waals surface area contributed by atoms with Gasteiger partial charge in [0.25, 0.3) is 0 Å². The average Bonchev–Trinajstić information content (AvgIpc) is 2.64. The molecule has 0 radical (unpaired) electrons. The van der Waals surface area contributed by atoms with Crippen molar-refractivity contribution in [1.29, 1.82) is 0 Å². The van der Waals surface area contributed by atoms with Crippen molar-refractivity contribution in [2.24, 2.45) is 0 Å². The molecule has 1 aromatic heterocycles. The van der Waals surface area contributed by atoms with E-state index >= 15 is 0 Å². The van der Waals surface area contributed by atoms with Crippen LogP contribution in [0, 0.1) is 0 Å². The molecule has 2 heterocycles. The van der Waals surface area contributed by atoms with Crippen molar-refractivity contribution < 1.29 is 9.47 Å². The number of nitrogens with one attached hydrogen (secondary N) is 1. The fourth-order valence-corrected chi connectivity index (χ4v) is 4.46. The Kier molecular flexibility index (Phi) is 6.59. The van der Waals surface area contributed by atoms with Gasteiger partial charge in [-0.05, 0) is 57.5 Å². The van der Waals surface area contributed by atoms with Gasteiger partial charge in [-0.25, -0.2) is 4.98 Å². The summed E-state index contributed by atoms with van der Waals surface area (Å²) in [4.78, 5) is 4.73. The van der Waals surface area contributed by atoms with Gasteiger partial charge in [-0.2, -0.15) is 0 Å². The zero-order valence-corrected chi connectivity index (χ0v) is 19.0. The lowest BCUT2D eigenvalue weighted by molar-refractivity contribution is 0.0532. The number of pyridine rings is 1. The summed E-state index contributed by atoms with van der Waals surface area (Å²) in [5, 5.41) is 4.74. The maximum Gasteiger partial charge on any atom is 0.214 e. The number of fused-ring (bicyclic) bond motifs is 1. The number of halogens is 1. The van der Waals surface area contributed by atoms with Gasteiger partial charge in [0.2, 0.25) is 5.88 Å². The number of nitrogens with zero attached hydrogens (tertiary/aromatic N) is 1. The molecule has 5 heteroatoms. The van der Waals surface area contributed by atoms with Gasteiger partial charge in [0.05, 0.1) is 5.52 Å². The second-order valence-electron chi connectivity index (χ2n) is 9.32. The number of rotatable bonds is 5. The third-order valence-electron chi connectivity index (χ3n) is 5.32. The van der Waals surface area contributed by atoms with Crippen LogP contribution >= 0.6 is 12.4 Å². The van der Waals surface area contributed by atoms with Crippen molar-refractivity contribution in [1.82, 2.24) is 10.3 Å². The first kappa shape index (κ1) is 22.4. The van der Waals surface area contributed by atoms with Crippen LogP contribution in [0.1, 0.15) is 46.1 Å². The smallest absolute Gasteiger partial charge is 0.214 e. The molecule has 2 aromatic carbocycles. The van der Waals surface area contributed by atoms with Crippen molar-refractivity contribution >= 4 is 23.3 Å². The molecule has 0 saturated carbocycles. The van der Waals surface area contributed by atoms with Crippen molar-refractivity contribution in [3.63, 3.8) is 0 Å². The lowest BCUT2D eigenvalue weighted by Gasteiger charge is -2.46. The van der Waals surface area contributed by atoms with Gasteiger partial charge in [-0.3, -0.25) is 0 Å². The fraction of sp³-hybridized carbons (Fsp3) is 0.400. The van der Waals surface area contributed by atoms with Crippen molar-refractivity contribution in [3.05, 3.63) is 66.2 Å². The van der Waals surface area contributed by atoms with E-state index in [-0.39, 0.29) is 29.6 Å². The molecule has 1 aliphatic heterocycles. The summed E-state index contributed by atoms with van der Waals surface area (Å²) in [6.45, 7) is 9.48. The molecule has 30 heavy (non-hydrogen) atoms. The summed E-state index contributed by atoms with van der Waals surface area (Å²) in [5.41, 5.74) is 2.17. The van der Waals surface area contributed by atoms with Crippen LogP contribution in [0.4, 0.5) is 0 Å². The quantitative estimate of drug-likeness (QED) is 0.549. The number of piperidine rings is 1. The highest BCUT2D eigenvalue weighted by Crippen LogP contribution is 2.31. The number of ether oxygens (including phenoxy) is 2. The zero-order valence-electron chi connectivity index (χ0n) is 18.1. The van der Waals surface area contributed by atoms with E-state index in [0.29, 0.717) is 12.5 Å². The maximum atomic E-state index is 6.29. The van der Waals surface area contributed by atoms with Crippen LogP contribution in [0.15, 0.2) is 60.7 Å². The van der Waals surface area contributed by atoms with Crippen LogP contribution < -0.4 is 14.8 Å². The zero-order chi connectivity index (χ0) is 20.5. The van der Waals surface area contributed by atoms with E-state index in [1.807, 2.05) is 42.5 Å². The third kappa shape index (κ3) is 5.65. The highest BCUT2D eigenvalue weighted by Gasteiger charge is 2.38. The molecule has 1 N–H and O–H groups in total. The van der Waals surface area contributed by atoms with Gasteiger partial charge < -0.3 is 14.8 Å². The minimum Gasteiger partial charge on any atom is -0.489 e. The molecule has 1 fully saturated rings. The molecular weight excluding hydrogens is 396 g/mol. The Labute approximate surface area is 185 Å². The summed E-state index contributed by atoms with van der Waals surface area (Å²) in [6.07, 6.45) is 2.07. The molecular formula is C25H31ClN2O2. The molecule has 4 nitrogen and oxygen atoms in total. The number of aromatic nitrogens is 1. The van der Waals surface area contributed by atoms with Crippen molar-refractivity contribution in [2.75, 3.05) is 0 Å². The Bertz CT molecular complexity index is 973. The first-order valence-electron chi connectivity index (χ1n) is 10.3. The van der Waals surface area contributed by atoms with Gasteiger partial charge in [0, 0.05) is 35.4 Å². The van der Waals surface area contributed by atoms with Crippen LogP contribution in [0.2, 0.25) is 0 Å². The SMILES string of the molecule is CC1(C)CC(Oc2ccc3cc(OCc4ccccc4)ccc3n2)CC(C)(C)N1.Cl. The third-order valence-corrected chi connectivity index (χ3v) is 5.32. The molecule has 4 rings (SSSR count). The Morgan fingerprint density at radius 2 is 1.63 bits per heavy atom. The van der Waals surface area contributed by atoms with E-state index < -0.39 is 0 Å². The van der Waals surface area contributed by atoms with E-state index in [1.54, 1.807) is 0 Å². The molecule has 0 unspecified atom stereocenters. The molecule has 0 bridgehead atoms. The summed E-state index contributed by atoms with van der Waals surface area (Å²) < 4.78 is 12.2. The van der Waals surface area contributed by atoms with E-state index in [9.17, 15) is 0 Å². The standard InChI is InChI=1S/C25H30N2O2.ClH/c1-24(2)15-21(16-25(3,4)27-24)29-23-13-10-19-14-20(11-12-22(19)26-23)28-17-18-8-6-5-7-9-18;/h5-14,21,27H,15-17H2,1-4H3;1H. The molecule has 0 spiro atoms. The Balaban J connectivity index is 0.00000256. The highest BCUT2D eigenvalue weighted by atomic mass is 35.5. The van der Waals surface area contributed by atoms with E-state index in [1.165, 1.54) is 0 Å². The predicted octanol–water partition coefficient (Wildman–Crippen LogP) is 5.92. The molecule has 0 amide bonds. The van der Waals surface area contributed by atoms with Gasteiger partial charge in [-0.1, -0.05) is 30.3 Å². The molecule has 0 aliphatic carbocycles. The van der Waals surface area contributed by atoms with Crippen molar-refractivity contribution in [3.8, 4) is 11.6 Å². The summed E-state index contributed by atoms with van der Waals surface area (Å²) in [5.74, 6) is 1.53. The summed E-state index contributed by atoms with van der Waals surface area (Å²) >= 11 is 0. The predicted molar refractivity (Wildman–Crippen MR) is 125 cm³/mol. The molecule has 160 valence electrons. The second-order valence-corrected chi connectivity index (χ2v) is 9.32. The van der Waals surface area contributed by atoms with Gasteiger partial charge in [0.1, 0.15) is 18.5 Å². The van der Waals surface area contributed by atoms with Gasteiger partial charge >= 0.3 is 0 Å². The van der Waals surface area contributed by atoms with E-state index in [0.717, 1.165) is 35.1 Å². The first-order valence-corrected chi connectivity index (χ1v) is 10.3. The van der Waals surface area contributed by atoms with Crippen LogP contribution in [0.25, 0.3) is 10.9 Å². The lowest BCUT2D eigenvalue weighted by atomic mass is 9.81. The molecule has 0 atom stereocenters. The van der Waals surface area contributed by atoms with Crippen molar-refractivity contribution in [2.45, 2.75) is 64.3 Å². The van der Waals surface area contributed by atoms with Crippen LogP contribution in [0.5, 0.6) is 11.6 Å². The van der Waals surface area contributed by atoms with Gasteiger partial charge in [0.15, 0.2) is 0 Å².